The molecular weight excluding hydrogens is 365 g/mol. The molecule has 0 aliphatic carbocycles. The lowest BCUT2D eigenvalue weighted by molar-refractivity contribution is 0.297. The maximum absolute atomic E-state index is 12.1. The van der Waals surface area contributed by atoms with Gasteiger partial charge in [0, 0.05) is 17.6 Å². The second-order valence-electron chi connectivity index (χ2n) is 5.55. The van der Waals surface area contributed by atoms with Gasteiger partial charge in [-0.3, -0.25) is 4.57 Å². The molecule has 5 nitrogen and oxygen atoms in total. The highest BCUT2D eigenvalue weighted by molar-refractivity contribution is 6.34. The zero-order chi connectivity index (χ0) is 18.0. The van der Waals surface area contributed by atoms with Gasteiger partial charge in [0.15, 0.2) is 0 Å². The van der Waals surface area contributed by atoms with E-state index in [9.17, 15) is 9.59 Å². The molecule has 2 aromatic carbocycles. The fourth-order valence-corrected chi connectivity index (χ4v) is 2.99. The predicted octanol–water partition coefficient (Wildman–Crippen LogP) is 4.04. The molecule has 0 saturated heterocycles. The van der Waals surface area contributed by atoms with Crippen LogP contribution < -0.4 is 16.1 Å². The summed E-state index contributed by atoms with van der Waals surface area (Å²) in [7, 11) is 0. The smallest absolute Gasteiger partial charge is 0.422 e. The van der Waals surface area contributed by atoms with Gasteiger partial charge in [0.1, 0.15) is 5.75 Å². The molecule has 1 aromatic heterocycles. The molecule has 0 aliphatic heterocycles. The van der Waals surface area contributed by atoms with Crippen LogP contribution in [0.1, 0.15) is 12.0 Å². The van der Waals surface area contributed by atoms with E-state index in [1.807, 2.05) is 13.0 Å². The maximum Gasteiger partial charge on any atom is 0.422 e. The molecule has 3 rings (SSSR count). The Bertz CT molecular complexity index is 1040. The summed E-state index contributed by atoms with van der Waals surface area (Å²) < 4.78 is 11.9. The number of ether oxygens (including phenoxy) is 1. The van der Waals surface area contributed by atoms with Crippen molar-refractivity contribution in [3.63, 3.8) is 0 Å². The van der Waals surface area contributed by atoms with Gasteiger partial charge >= 0.3 is 11.4 Å². The number of hydrogen-bond donors (Lipinski definition) is 0. The molecule has 130 valence electrons. The summed E-state index contributed by atoms with van der Waals surface area (Å²) >= 11 is 12.0. The summed E-state index contributed by atoms with van der Waals surface area (Å²) in [6.45, 7) is 2.53. The molecule has 0 radical (unpaired) electrons. The molecule has 0 bridgehead atoms. The highest BCUT2D eigenvalue weighted by atomic mass is 35.5. The van der Waals surface area contributed by atoms with Crippen LogP contribution in [0.3, 0.4) is 0 Å². The van der Waals surface area contributed by atoms with E-state index in [4.69, 9.17) is 32.4 Å². The average molecular weight is 380 g/mol. The van der Waals surface area contributed by atoms with Gasteiger partial charge in [-0.25, -0.2) is 9.59 Å². The molecule has 3 aromatic rings. The molecule has 0 saturated carbocycles. The van der Waals surface area contributed by atoms with Crippen molar-refractivity contribution in [1.29, 1.82) is 0 Å². The van der Waals surface area contributed by atoms with E-state index in [-0.39, 0.29) is 0 Å². The van der Waals surface area contributed by atoms with Crippen molar-refractivity contribution in [2.75, 3.05) is 6.61 Å². The Balaban J connectivity index is 1.79. The van der Waals surface area contributed by atoms with Crippen LogP contribution in [-0.2, 0) is 6.54 Å². The molecule has 1 heterocycles. The van der Waals surface area contributed by atoms with E-state index in [1.165, 1.54) is 4.57 Å². The third-order valence-electron chi connectivity index (χ3n) is 3.80. The number of hydrogen-bond acceptors (Lipinski definition) is 4. The summed E-state index contributed by atoms with van der Waals surface area (Å²) in [5.41, 5.74) is 0.799. The first kappa shape index (κ1) is 17.6. The van der Waals surface area contributed by atoms with Crippen LogP contribution in [0, 0.1) is 6.92 Å². The Hall–Kier alpha value is -2.24. The highest BCUT2D eigenvalue weighted by Crippen LogP contribution is 2.27. The van der Waals surface area contributed by atoms with Gasteiger partial charge in [-0.1, -0.05) is 35.3 Å². The normalized spacial score (nSPS) is 11.0. The van der Waals surface area contributed by atoms with E-state index >= 15 is 0 Å². The Morgan fingerprint density at radius 3 is 2.76 bits per heavy atom. The molecule has 0 fully saturated rings. The van der Waals surface area contributed by atoms with Crippen LogP contribution in [0.4, 0.5) is 0 Å². The zero-order valence-corrected chi connectivity index (χ0v) is 14.9. The minimum Gasteiger partial charge on any atom is -0.492 e. The SMILES string of the molecule is Cc1cccc2c(=O)oc(=O)n(CCCOc3cc(Cl)ccc3Cl)c12. The van der Waals surface area contributed by atoms with Crippen molar-refractivity contribution in [3.05, 3.63) is 73.0 Å². The first-order chi connectivity index (χ1) is 12.0. The molecule has 0 unspecified atom stereocenters. The lowest BCUT2D eigenvalue weighted by atomic mass is 10.1. The highest BCUT2D eigenvalue weighted by Gasteiger charge is 2.11. The molecule has 0 atom stereocenters. The van der Waals surface area contributed by atoms with E-state index < -0.39 is 11.4 Å². The van der Waals surface area contributed by atoms with Crippen molar-refractivity contribution >= 4 is 34.1 Å². The second-order valence-corrected chi connectivity index (χ2v) is 6.40. The number of nitrogens with zero attached hydrogens (tertiary/aromatic N) is 1. The fraction of sp³-hybridized carbons (Fsp3) is 0.222. The maximum atomic E-state index is 12.1. The topological polar surface area (TPSA) is 61.4 Å². The lowest BCUT2D eigenvalue weighted by Crippen LogP contribution is -2.26. The number of rotatable bonds is 5. The molecular formula is C18H15Cl2NO4. The second kappa shape index (κ2) is 7.33. The number of benzene rings is 2. The van der Waals surface area contributed by atoms with E-state index in [2.05, 4.69) is 0 Å². The molecule has 0 spiro atoms. The van der Waals surface area contributed by atoms with Gasteiger partial charge < -0.3 is 9.15 Å². The average Bonchev–Trinajstić information content (AvgIpc) is 2.57. The summed E-state index contributed by atoms with van der Waals surface area (Å²) in [4.78, 5) is 23.9. The predicted molar refractivity (Wildman–Crippen MR) is 98.1 cm³/mol. The summed E-state index contributed by atoms with van der Waals surface area (Å²) in [5.74, 6) is -0.185. The summed E-state index contributed by atoms with van der Waals surface area (Å²) in [6, 6.07) is 10.2. The third kappa shape index (κ3) is 3.72. The standard InChI is InChI=1S/C18H15Cl2NO4/c1-11-4-2-5-13-16(11)21(18(23)25-17(13)22)8-3-9-24-15-10-12(19)6-7-14(15)20/h2,4-7,10H,3,8-9H2,1H3. The molecule has 0 aliphatic rings. The minimum atomic E-state index is -0.674. The van der Waals surface area contributed by atoms with Gasteiger partial charge in [0.05, 0.1) is 22.5 Å². The number of aryl methyl sites for hydroxylation is 2. The largest absolute Gasteiger partial charge is 0.492 e. The molecule has 7 heteroatoms. The Morgan fingerprint density at radius 1 is 1.16 bits per heavy atom. The Kier molecular flexibility index (Phi) is 5.16. The van der Waals surface area contributed by atoms with Crippen LogP contribution in [0.5, 0.6) is 5.75 Å². The van der Waals surface area contributed by atoms with Gasteiger partial charge in [-0.15, -0.1) is 0 Å². The van der Waals surface area contributed by atoms with Crippen molar-refractivity contribution < 1.29 is 9.15 Å². The van der Waals surface area contributed by atoms with E-state index in [0.717, 1.165) is 5.56 Å². The van der Waals surface area contributed by atoms with Crippen LogP contribution >= 0.6 is 23.2 Å². The number of para-hydroxylation sites is 1. The molecule has 25 heavy (non-hydrogen) atoms. The van der Waals surface area contributed by atoms with Crippen molar-refractivity contribution in [3.8, 4) is 5.75 Å². The van der Waals surface area contributed by atoms with Gasteiger partial charge in [0.2, 0.25) is 0 Å². The van der Waals surface area contributed by atoms with E-state index in [0.29, 0.717) is 46.3 Å². The van der Waals surface area contributed by atoms with Crippen molar-refractivity contribution in [1.82, 2.24) is 4.57 Å². The first-order valence-electron chi connectivity index (χ1n) is 7.68. The fourth-order valence-electron chi connectivity index (χ4n) is 2.66. The number of halogens is 2. The van der Waals surface area contributed by atoms with Gasteiger partial charge in [-0.2, -0.15) is 0 Å². The van der Waals surface area contributed by atoms with Crippen LogP contribution in [-0.4, -0.2) is 11.2 Å². The lowest BCUT2D eigenvalue weighted by Gasteiger charge is -2.12. The molecule has 0 amide bonds. The van der Waals surface area contributed by atoms with Gasteiger partial charge in [-0.05, 0) is 37.1 Å². The Morgan fingerprint density at radius 2 is 1.96 bits per heavy atom. The first-order valence-corrected chi connectivity index (χ1v) is 8.44. The summed E-state index contributed by atoms with van der Waals surface area (Å²) in [5, 5.41) is 1.38. The number of fused-ring (bicyclic) bond motifs is 1. The van der Waals surface area contributed by atoms with Crippen LogP contribution in [0.2, 0.25) is 10.0 Å². The number of aromatic nitrogens is 1. The van der Waals surface area contributed by atoms with Gasteiger partial charge in [0.25, 0.3) is 0 Å². The monoisotopic (exact) mass is 379 g/mol. The van der Waals surface area contributed by atoms with Crippen LogP contribution in [0.25, 0.3) is 10.9 Å². The quantitative estimate of drug-likeness (QED) is 0.627. The molecule has 0 N–H and O–H groups in total. The third-order valence-corrected chi connectivity index (χ3v) is 4.35. The minimum absolute atomic E-state index is 0.332. The summed E-state index contributed by atoms with van der Waals surface area (Å²) in [6.07, 6.45) is 0.528. The van der Waals surface area contributed by atoms with Crippen molar-refractivity contribution in [2.24, 2.45) is 0 Å². The Labute approximate surface area is 153 Å². The van der Waals surface area contributed by atoms with Crippen molar-refractivity contribution in [2.45, 2.75) is 19.9 Å². The van der Waals surface area contributed by atoms with Crippen LogP contribution in [0.15, 0.2) is 50.4 Å². The van der Waals surface area contributed by atoms with E-state index in [1.54, 1.807) is 30.3 Å². The zero-order valence-electron chi connectivity index (χ0n) is 13.4.